The van der Waals surface area contributed by atoms with E-state index in [2.05, 4.69) is 20.5 Å². The number of nitrogens with zero attached hydrogens (tertiary/aromatic N) is 3. The van der Waals surface area contributed by atoms with Gasteiger partial charge in [-0.15, -0.1) is 10.2 Å². The van der Waals surface area contributed by atoms with Crippen molar-refractivity contribution in [1.29, 1.82) is 0 Å². The third-order valence-electron chi connectivity index (χ3n) is 2.78. The van der Waals surface area contributed by atoms with E-state index in [0.717, 1.165) is 25.7 Å². The maximum Gasteiger partial charge on any atom is 0.243 e. The Morgan fingerprint density at radius 3 is 2.88 bits per heavy atom. The molecule has 0 aromatic carbocycles. The summed E-state index contributed by atoms with van der Waals surface area (Å²) in [7, 11) is 0. The first-order valence-electron chi connectivity index (χ1n) is 5.46. The Morgan fingerprint density at radius 1 is 1.38 bits per heavy atom. The summed E-state index contributed by atoms with van der Waals surface area (Å²) in [5, 5.41) is 20.7. The van der Waals surface area contributed by atoms with Crippen molar-refractivity contribution in [2.75, 3.05) is 5.32 Å². The topological polar surface area (TPSA) is 70.9 Å². The standard InChI is InChI=1S/C10H15ClN4O/c1-6-9(11)14-15-10(12-6)13-7-3-2-4-8(16)5-7/h7-8,16H,2-5H2,1H3,(H,12,13,15). The molecule has 1 saturated carbocycles. The molecular formula is C10H15ClN4O. The van der Waals surface area contributed by atoms with E-state index >= 15 is 0 Å². The molecule has 0 spiro atoms. The molecule has 2 rings (SSSR count). The zero-order valence-electron chi connectivity index (χ0n) is 9.15. The van der Waals surface area contributed by atoms with Crippen LogP contribution in [0.15, 0.2) is 0 Å². The first-order chi connectivity index (χ1) is 7.65. The third-order valence-corrected chi connectivity index (χ3v) is 3.13. The summed E-state index contributed by atoms with van der Waals surface area (Å²) in [5.41, 5.74) is 0.663. The number of halogens is 1. The molecular weight excluding hydrogens is 228 g/mol. The Morgan fingerprint density at radius 2 is 2.19 bits per heavy atom. The molecule has 0 saturated heterocycles. The minimum atomic E-state index is -0.215. The summed E-state index contributed by atoms with van der Waals surface area (Å²) >= 11 is 5.74. The highest BCUT2D eigenvalue weighted by Gasteiger charge is 2.20. The smallest absolute Gasteiger partial charge is 0.243 e. The van der Waals surface area contributed by atoms with Crippen LogP contribution in [0, 0.1) is 6.92 Å². The lowest BCUT2D eigenvalue weighted by Crippen LogP contribution is -2.30. The number of aliphatic hydroxyl groups is 1. The summed E-state index contributed by atoms with van der Waals surface area (Å²) in [5.74, 6) is 0.487. The minimum Gasteiger partial charge on any atom is -0.393 e. The van der Waals surface area contributed by atoms with Gasteiger partial charge in [0.05, 0.1) is 11.8 Å². The van der Waals surface area contributed by atoms with Crippen LogP contribution in [-0.4, -0.2) is 32.4 Å². The van der Waals surface area contributed by atoms with Gasteiger partial charge in [0, 0.05) is 6.04 Å². The van der Waals surface area contributed by atoms with Gasteiger partial charge in [-0.05, 0) is 32.6 Å². The predicted octanol–water partition coefficient (Wildman–Crippen LogP) is 1.55. The van der Waals surface area contributed by atoms with E-state index in [1.54, 1.807) is 6.92 Å². The Hall–Kier alpha value is -0.940. The number of hydrogen-bond acceptors (Lipinski definition) is 5. The summed E-state index contributed by atoms with van der Waals surface area (Å²) in [6, 6.07) is 0.228. The van der Waals surface area contributed by atoms with E-state index in [4.69, 9.17) is 11.6 Å². The van der Waals surface area contributed by atoms with Crippen LogP contribution in [-0.2, 0) is 0 Å². The van der Waals surface area contributed by atoms with E-state index in [1.165, 1.54) is 0 Å². The lowest BCUT2D eigenvalue weighted by Gasteiger charge is -2.26. The number of aliphatic hydroxyl groups excluding tert-OH is 1. The fourth-order valence-electron chi connectivity index (χ4n) is 1.93. The first kappa shape index (κ1) is 11.5. The summed E-state index contributed by atoms with van der Waals surface area (Å²) in [6.45, 7) is 1.79. The van der Waals surface area contributed by atoms with E-state index < -0.39 is 0 Å². The van der Waals surface area contributed by atoms with Crippen LogP contribution in [0.2, 0.25) is 5.15 Å². The van der Waals surface area contributed by atoms with Crippen LogP contribution in [0.25, 0.3) is 0 Å². The number of hydrogen-bond donors (Lipinski definition) is 2. The zero-order valence-corrected chi connectivity index (χ0v) is 9.91. The van der Waals surface area contributed by atoms with Crippen LogP contribution in [0.1, 0.15) is 31.4 Å². The largest absolute Gasteiger partial charge is 0.393 e. The molecule has 0 aliphatic heterocycles. The van der Waals surface area contributed by atoms with E-state index in [0.29, 0.717) is 16.8 Å². The maximum atomic E-state index is 9.54. The molecule has 0 radical (unpaired) electrons. The van der Waals surface area contributed by atoms with E-state index in [-0.39, 0.29) is 12.1 Å². The van der Waals surface area contributed by atoms with Crippen molar-refractivity contribution in [2.45, 2.75) is 44.8 Å². The van der Waals surface area contributed by atoms with Crippen molar-refractivity contribution < 1.29 is 5.11 Å². The molecule has 2 unspecified atom stereocenters. The average molecular weight is 243 g/mol. The van der Waals surface area contributed by atoms with Gasteiger partial charge in [-0.3, -0.25) is 0 Å². The molecule has 16 heavy (non-hydrogen) atoms. The molecule has 1 aliphatic rings. The normalized spacial score (nSPS) is 25.4. The number of aromatic nitrogens is 3. The van der Waals surface area contributed by atoms with Crippen LogP contribution in [0.4, 0.5) is 5.95 Å². The Bertz CT molecular complexity index is 374. The minimum absolute atomic E-state index is 0.215. The van der Waals surface area contributed by atoms with Gasteiger partial charge in [-0.25, -0.2) is 4.98 Å². The first-order valence-corrected chi connectivity index (χ1v) is 5.84. The van der Waals surface area contributed by atoms with Crippen molar-refractivity contribution in [1.82, 2.24) is 15.2 Å². The molecule has 5 nitrogen and oxygen atoms in total. The Balaban J connectivity index is 2.00. The monoisotopic (exact) mass is 242 g/mol. The van der Waals surface area contributed by atoms with Crippen molar-refractivity contribution in [2.24, 2.45) is 0 Å². The highest BCUT2D eigenvalue weighted by atomic mass is 35.5. The molecule has 6 heteroatoms. The molecule has 1 fully saturated rings. The molecule has 1 aromatic heterocycles. The van der Waals surface area contributed by atoms with Gasteiger partial charge in [0.2, 0.25) is 5.95 Å². The van der Waals surface area contributed by atoms with Crippen LogP contribution >= 0.6 is 11.6 Å². The van der Waals surface area contributed by atoms with Crippen LogP contribution < -0.4 is 5.32 Å². The Kier molecular flexibility index (Phi) is 3.56. The highest BCUT2D eigenvalue weighted by Crippen LogP contribution is 2.21. The predicted molar refractivity (Wildman–Crippen MR) is 61.5 cm³/mol. The summed E-state index contributed by atoms with van der Waals surface area (Å²) < 4.78 is 0. The van der Waals surface area contributed by atoms with Crippen LogP contribution in [0.3, 0.4) is 0 Å². The Labute approximate surface area is 99.3 Å². The number of nitrogens with one attached hydrogen (secondary N) is 1. The van der Waals surface area contributed by atoms with Crippen molar-refractivity contribution in [3.63, 3.8) is 0 Å². The average Bonchev–Trinajstić information content (AvgIpc) is 2.24. The molecule has 0 bridgehead atoms. The lowest BCUT2D eigenvalue weighted by atomic mass is 9.93. The van der Waals surface area contributed by atoms with Crippen LogP contribution in [0.5, 0.6) is 0 Å². The zero-order chi connectivity index (χ0) is 11.5. The number of rotatable bonds is 2. The van der Waals surface area contributed by atoms with Gasteiger partial charge < -0.3 is 10.4 Å². The molecule has 1 aromatic rings. The molecule has 88 valence electrons. The second kappa shape index (κ2) is 4.93. The van der Waals surface area contributed by atoms with Gasteiger partial charge in [0.1, 0.15) is 0 Å². The van der Waals surface area contributed by atoms with E-state index in [1.807, 2.05) is 0 Å². The third kappa shape index (κ3) is 2.80. The fourth-order valence-corrected chi connectivity index (χ4v) is 2.01. The van der Waals surface area contributed by atoms with Crippen molar-refractivity contribution in [3.05, 3.63) is 10.8 Å². The summed E-state index contributed by atoms with van der Waals surface area (Å²) in [4.78, 5) is 4.19. The van der Waals surface area contributed by atoms with Crippen molar-refractivity contribution >= 4 is 17.5 Å². The van der Waals surface area contributed by atoms with Gasteiger partial charge in [-0.1, -0.05) is 11.6 Å². The quantitative estimate of drug-likeness (QED) is 0.823. The van der Waals surface area contributed by atoms with E-state index in [9.17, 15) is 5.11 Å². The molecule has 2 atom stereocenters. The molecule has 0 amide bonds. The molecule has 2 N–H and O–H groups in total. The van der Waals surface area contributed by atoms with Gasteiger partial charge >= 0.3 is 0 Å². The van der Waals surface area contributed by atoms with Gasteiger partial charge in [-0.2, -0.15) is 0 Å². The van der Waals surface area contributed by atoms with Gasteiger partial charge in [0.25, 0.3) is 0 Å². The second-order valence-corrected chi connectivity index (χ2v) is 4.53. The molecule has 1 heterocycles. The molecule has 1 aliphatic carbocycles. The lowest BCUT2D eigenvalue weighted by molar-refractivity contribution is 0.124. The fraction of sp³-hybridized carbons (Fsp3) is 0.700. The van der Waals surface area contributed by atoms with Crippen molar-refractivity contribution in [3.8, 4) is 0 Å². The number of anilines is 1. The maximum absolute atomic E-state index is 9.54. The highest BCUT2D eigenvalue weighted by molar-refractivity contribution is 6.29. The number of aryl methyl sites for hydroxylation is 1. The summed E-state index contributed by atoms with van der Waals surface area (Å²) in [6.07, 6.45) is 3.47. The second-order valence-electron chi connectivity index (χ2n) is 4.17. The van der Waals surface area contributed by atoms with Gasteiger partial charge in [0.15, 0.2) is 5.15 Å². The SMILES string of the molecule is Cc1nc(NC2CCCC(O)C2)nnc1Cl.